The fourth-order valence-corrected chi connectivity index (χ4v) is 5.01. The number of aliphatic hydroxyl groups is 1. The van der Waals surface area contributed by atoms with Gasteiger partial charge in [-0.15, -0.1) is 11.3 Å². The summed E-state index contributed by atoms with van der Waals surface area (Å²) in [7, 11) is 1.68. The van der Waals surface area contributed by atoms with Gasteiger partial charge in [0, 0.05) is 38.2 Å². The van der Waals surface area contributed by atoms with Crippen LogP contribution in [0, 0.1) is 6.92 Å². The Morgan fingerprint density at radius 2 is 2.23 bits per heavy atom. The van der Waals surface area contributed by atoms with E-state index in [0.29, 0.717) is 32.8 Å². The van der Waals surface area contributed by atoms with Gasteiger partial charge in [-0.1, -0.05) is 12.1 Å². The first-order valence-electron chi connectivity index (χ1n) is 10.9. The minimum Gasteiger partial charge on any atom is -0.491 e. The number of nitrogens with zero attached hydrogens (tertiary/aromatic N) is 2. The Morgan fingerprint density at radius 1 is 1.39 bits per heavy atom. The fourth-order valence-electron chi connectivity index (χ4n) is 4.08. The molecule has 1 amide bonds. The van der Waals surface area contributed by atoms with Gasteiger partial charge in [0.05, 0.1) is 18.7 Å². The van der Waals surface area contributed by atoms with Crippen molar-refractivity contribution in [1.29, 1.82) is 0 Å². The summed E-state index contributed by atoms with van der Waals surface area (Å²) < 4.78 is 11.3. The number of carbonyl (C=O) groups excluding carboxylic acids is 1. The van der Waals surface area contributed by atoms with Gasteiger partial charge < -0.3 is 19.5 Å². The molecule has 6 nitrogen and oxygen atoms in total. The second-order valence-corrected chi connectivity index (χ2v) is 9.21. The summed E-state index contributed by atoms with van der Waals surface area (Å²) in [6.07, 6.45) is 1.21. The molecule has 2 aromatic rings. The number of fused-ring (bicyclic) bond motifs is 1. The molecule has 2 heterocycles. The van der Waals surface area contributed by atoms with Gasteiger partial charge in [0.1, 0.15) is 12.4 Å². The van der Waals surface area contributed by atoms with E-state index in [2.05, 4.69) is 11.4 Å². The van der Waals surface area contributed by atoms with Crippen LogP contribution in [-0.2, 0) is 16.0 Å². The number of benzene rings is 1. The summed E-state index contributed by atoms with van der Waals surface area (Å²) in [5.74, 6) is 0.901. The third-order valence-corrected chi connectivity index (χ3v) is 6.51. The monoisotopic (exact) mass is 446 g/mol. The van der Waals surface area contributed by atoms with Crippen molar-refractivity contribution in [2.45, 2.75) is 38.8 Å². The zero-order valence-corrected chi connectivity index (χ0v) is 19.6. The number of amides is 1. The molecule has 0 radical (unpaired) electrons. The van der Waals surface area contributed by atoms with E-state index in [9.17, 15) is 9.90 Å². The summed E-state index contributed by atoms with van der Waals surface area (Å²) in [4.78, 5) is 18.7. The number of methoxy groups -OCH3 is 1. The third kappa shape index (κ3) is 6.77. The maximum Gasteiger partial charge on any atom is 0.237 e. The van der Waals surface area contributed by atoms with Gasteiger partial charge in [0.25, 0.3) is 0 Å². The van der Waals surface area contributed by atoms with E-state index >= 15 is 0 Å². The average Bonchev–Trinajstić information content (AvgIpc) is 3.20. The Kier molecular flexibility index (Phi) is 8.90. The van der Waals surface area contributed by atoms with Gasteiger partial charge in [-0.3, -0.25) is 9.69 Å². The van der Waals surface area contributed by atoms with Crippen molar-refractivity contribution in [3.63, 3.8) is 0 Å². The highest BCUT2D eigenvalue weighted by atomic mass is 32.1. The molecular formula is C24H34N2O4S. The molecule has 1 aromatic heterocycles. The molecule has 0 aliphatic carbocycles. The van der Waals surface area contributed by atoms with Gasteiger partial charge in [-0.25, -0.2) is 0 Å². The van der Waals surface area contributed by atoms with Crippen LogP contribution in [0.25, 0.3) is 0 Å². The maximum absolute atomic E-state index is 13.3. The molecule has 3 rings (SSSR count). The maximum atomic E-state index is 13.3. The highest BCUT2D eigenvalue weighted by Gasteiger charge is 2.32. The van der Waals surface area contributed by atoms with E-state index in [1.807, 2.05) is 41.0 Å². The predicted molar refractivity (Wildman–Crippen MR) is 124 cm³/mol. The Morgan fingerprint density at radius 3 is 2.97 bits per heavy atom. The number of thiophene rings is 1. The molecule has 1 N–H and O–H groups in total. The lowest BCUT2D eigenvalue weighted by Crippen LogP contribution is -2.47. The Hall–Kier alpha value is -1.93. The minimum absolute atomic E-state index is 0.0766. The van der Waals surface area contributed by atoms with E-state index in [1.165, 1.54) is 10.4 Å². The Labute approximate surface area is 189 Å². The fraction of sp³-hybridized carbons (Fsp3) is 0.542. The lowest BCUT2D eigenvalue weighted by molar-refractivity contribution is -0.136. The number of aryl methyl sites for hydroxylation is 1. The van der Waals surface area contributed by atoms with Crippen molar-refractivity contribution in [1.82, 2.24) is 9.80 Å². The molecule has 0 saturated heterocycles. The van der Waals surface area contributed by atoms with Crippen LogP contribution in [0.15, 0.2) is 35.7 Å². The molecule has 1 aromatic carbocycles. The summed E-state index contributed by atoms with van der Waals surface area (Å²) in [5, 5.41) is 12.0. The molecule has 0 unspecified atom stereocenters. The third-order valence-electron chi connectivity index (χ3n) is 5.52. The number of hydrogen-bond acceptors (Lipinski definition) is 6. The topological polar surface area (TPSA) is 62.2 Å². The van der Waals surface area contributed by atoms with Crippen molar-refractivity contribution in [3.05, 3.63) is 51.7 Å². The van der Waals surface area contributed by atoms with Gasteiger partial charge in [0.2, 0.25) is 5.91 Å². The molecule has 0 saturated carbocycles. The number of hydrogen-bond donors (Lipinski definition) is 1. The van der Waals surface area contributed by atoms with Crippen molar-refractivity contribution < 1.29 is 19.4 Å². The van der Waals surface area contributed by atoms with Crippen LogP contribution >= 0.6 is 11.3 Å². The highest BCUT2D eigenvalue weighted by molar-refractivity contribution is 7.10. The van der Waals surface area contributed by atoms with Gasteiger partial charge in [-0.05, 0) is 61.4 Å². The number of aliphatic hydroxyl groups excluding tert-OH is 1. The molecular weight excluding hydrogens is 412 g/mol. The lowest BCUT2D eigenvalue weighted by atomic mass is 10.0. The first-order valence-corrected chi connectivity index (χ1v) is 11.8. The normalized spacial score (nSPS) is 16.9. The molecule has 31 heavy (non-hydrogen) atoms. The molecule has 2 atom stereocenters. The van der Waals surface area contributed by atoms with Crippen molar-refractivity contribution >= 4 is 17.2 Å². The van der Waals surface area contributed by atoms with Crippen LogP contribution in [0.4, 0.5) is 0 Å². The minimum atomic E-state index is -0.486. The largest absolute Gasteiger partial charge is 0.491 e. The standard InChI is InChI=1S/C24H34N2O4S/c1-18-6-4-7-20(14-18)30-17-22-21-9-13-31-23(21)8-11-26(22)24(28)16-25(15-19(2)27)10-5-12-29-3/h4,6-7,9,13-14,19,22,27H,5,8,10-12,15-17H2,1-3H3/t19-,22+/m0/s1. The zero-order valence-electron chi connectivity index (χ0n) is 18.8. The summed E-state index contributed by atoms with van der Waals surface area (Å²) >= 11 is 1.75. The van der Waals surface area contributed by atoms with E-state index < -0.39 is 6.10 Å². The molecule has 0 spiro atoms. The Bertz CT molecular complexity index is 838. The molecule has 0 fully saturated rings. The summed E-state index contributed by atoms with van der Waals surface area (Å²) in [5.41, 5.74) is 2.34. The average molecular weight is 447 g/mol. The van der Waals surface area contributed by atoms with E-state index in [1.54, 1.807) is 25.4 Å². The number of ether oxygens (including phenoxy) is 2. The first kappa shape index (κ1) is 23.7. The molecule has 0 bridgehead atoms. The van der Waals surface area contributed by atoms with Crippen molar-refractivity contribution in [2.24, 2.45) is 0 Å². The van der Waals surface area contributed by atoms with E-state index in [-0.39, 0.29) is 18.5 Å². The summed E-state index contributed by atoms with van der Waals surface area (Å²) in [6.45, 7) is 7.03. The second-order valence-electron chi connectivity index (χ2n) is 8.21. The van der Waals surface area contributed by atoms with E-state index in [0.717, 1.165) is 24.2 Å². The zero-order chi connectivity index (χ0) is 22.2. The number of carbonyl (C=O) groups is 1. The van der Waals surface area contributed by atoms with Crippen LogP contribution in [0.1, 0.15) is 35.4 Å². The smallest absolute Gasteiger partial charge is 0.237 e. The van der Waals surface area contributed by atoms with Crippen LogP contribution < -0.4 is 4.74 Å². The molecule has 7 heteroatoms. The molecule has 1 aliphatic heterocycles. The van der Waals surface area contributed by atoms with Crippen molar-refractivity contribution in [2.75, 3.05) is 46.5 Å². The Balaban J connectivity index is 1.71. The van der Waals surface area contributed by atoms with Crippen molar-refractivity contribution in [3.8, 4) is 5.75 Å². The molecule has 1 aliphatic rings. The van der Waals surface area contributed by atoms with Crippen LogP contribution in [0.2, 0.25) is 0 Å². The van der Waals surface area contributed by atoms with Crippen LogP contribution in [0.5, 0.6) is 5.75 Å². The number of rotatable bonds is 11. The second kappa shape index (κ2) is 11.6. The first-order chi connectivity index (χ1) is 15.0. The van der Waals surface area contributed by atoms with E-state index in [4.69, 9.17) is 9.47 Å². The summed E-state index contributed by atoms with van der Waals surface area (Å²) in [6, 6.07) is 10.0. The SMILES string of the molecule is COCCCN(CC(=O)N1CCc2sccc2[C@H]1COc1cccc(C)c1)C[C@H](C)O. The van der Waals surface area contributed by atoms with Gasteiger partial charge in [-0.2, -0.15) is 0 Å². The molecule has 170 valence electrons. The van der Waals surface area contributed by atoms with Gasteiger partial charge >= 0.3 is 0 Å². The predicted octanol–water partition coefficient (Wildman–Crippen LogP) is 3.28. The lowest BCUT2D eigenvalue weighted by Gasteiger charge is -2.37. The highest BCUT2D eigenvalue weighted by Crippen LogP contribution is 2.34. The van der Waals surface area contributed by atoms with Gasteiger partial charge in [0.15, 0.2) is 0 Å². The quantitative estimate of drug-likeness (QED) is 0.537. The van der Waals surface area contributed by atoms with Crippen LogP contribution in [0.3, 0.4) is 0 Å². The van der Waals surface area contributed by atoms with Crippen LogP contribution in [-0.4, -0.2) is 73.4 Å².